The summed E-state index contributed by atoms with van der Waals surface area (Å²) in [6.07, 6.45) is 1.23. The van der Waals surface area contributed by atoms with Gasteiger partial charge in [0.1, 0.15) is 5.03 Å². The second kappa shape index (κ2) is 3.14. The van der Waals surface area contributed by atoms with E-state index >= 15 is 0 Å². The fourth-order valence-corrected chi connectivity index (χ4v) is 1.30. The van der Waals surface area contributed by atoms with Gasteiger partial charge in [-0.1, -0.05) is 6.07 Å². The Bertz CT molecular complexity index is 349. The van der Waals surface area contributed by atoms with Crippen LogP contribution in [-0.4, -0.2) is 15.0 Å². The third kappa shape index (κ3) is 1.58. The lowest BCUT2D eigenvalue weighted by Gasteiger charge is -2.03. The van der Waals surface area contributed by atoms with Crippen LogP contribution in [0.25, 0.3) is 0 Å². The zero-order valence-electron chi connectivity index (χ0n) is 5.91. The molecule has 1 heterocycles. The normalized spacial score (nSPS) is 15.9. The quantitative estimate of drug-likeness (QED) is 0.775. The van der Waals surface area contributed by atoms with E-state index in [1.165, 1.54) is 18.3 Å². The van der Waals surface area contributed by atoms with Gasteiger partial charge in [-0.15, -0.1) is 0 Å². The topological polar surface area (TPSA) is 53.8 Å². The van der Waals surface area contributed by atoms with Crippen LogP contribution in [0.15, 0.2) is 29.4 Å². The second-order valence-electron chi connectivity index (χ2n) is 2.03. The summed E-state index contributed by atoms with van der Waals surface area (Å²) in [6, 6.07) is 4.07. The number of hydrogen-bond acceptors (Lipinski definition) is 3. The van der Waals surface area contributed by atoms with Gasteiger partial charge < -0.3 is 0 Å². The van der Waals surface area contributed by atoms with Gasteiger partial charge in [0.05, 0.1) is 0 Å². The van der Waals surface area contributed by atoms with E-state index in [1.54, 1.807) is 0 Å². The first-order valence-electron chi connectivity index (χ1n) is 3.02. The predicted octanol–water partition coefficient (Wildman–Crippen LogP) is 1.71. The highest BCUT2D eigenvalue weighted by Gasteiger charge is 2.22. The lowest BCUT2D eigenvalue weighted by Crippen LogP contribution is -2.10. The van der Waals surface area contributed by atoms with E-state index in [0.717, 1.165) is 6.07 Å². The molecule has 1 rings (SSSR count). The van der Waals surface area contributed by atoms with Crippen LogP contribution in [0.2, 0.25) is 0 Å². The zero-order chi connectivity index (χ0) is 9.19. The van der Waals surface area contributed by atoms with Gasteiger partial charge in [0, 0.05) is 6.20 Å². The van der Waals surface area contributed by atoms with Crippen LogP contribution >= 0.6 is 0 Å². The first-order chi connectivity index (χ1) is 5.55. The van der Waals surface area contributed by atoms with Gasteiger partial charge in [0.15, 0.2) is 9.73 Å². The Labute approximate surface area is 68.4 Å². The summed E-state index contributed by atoms with van der Waals surface area (Å²) in [4.78, 5) is 3.43. The van der Waals surface area contributed by atoms with Gasteiger partial charge >= 0.3 is 5.76 Å². The average molecular weight is 192 g/mol. The number of aromatic nitrogens is 1. The van der Waals surface area contributed by atoms with Crippen molar-refractivity contribution in [3.8, 4) is 0 Å². The number of nitrogens with one attached hydrogen (secondary N) is 1. The van der Waals surface area contributed by atoms with E-state index in [4.69, 9.17) is 4.78 Å². The number of rotatable bonds is 2. The average Bonchev–Trinajstić information content (AvgIpc) is 2.06. The molecule has 0 amide bonds. The van der Waals surface area contributed by atoms with Crippen molar-refractivity contribution >= 4 is 9.73 Å². The molecule has 0 aromatic carbocycles. The molecule has 0 radical (unpaired) electrons. The molecule has 0 saturated carbocycles. The van der Waals surface area contributed by atoms with Crippen LogP contribution in [-0.2, 0) is 9.73 Å². The van der Waals surface area contributed by atoms with Crippen molar-refractivity contribution < 1.29 is 13.0 Å². The molecule has 12 heavy (non-hydrogen) atoms. The predicted molar refractivity (Wildman–Crippen MR) is 39.4 cm³/mol. The van der Waals surface area contributed by atoms with Crippen molar-refractivity contribution in [2.24, 2.45) is 0 Å². The lowest BCUT2D eigenvalue weighted by atomic mass is 10.5. The van der Waals surface area contributed by atoms with Crippen LogP contribution in [0.5, 0.6) is 0 Å². The Hall–Kier alpha value is -1.04. The van der Waals surface area contributed by atoms with Crippen molar-refractivity contribution in [1.29, 1.82) is 4.78 Å². The number of pyridine rings is 1. The summed E-state index contributed by atoms with van der Waals surface area (Å²) in [6.45, 7) is 0. The molecule has 66 valence electrons. The Kier molecular flexibility index (Phi) is 2.37. The van der Waals surface area contributed by atoms with Gasteiger partial charge in [0.25, 0.3) is 0 Å². The van der Waals surface area contributed by atoms with Crippen LogP contribution in [0.1, 0.15) is 0 Å². The maximum Gasteiger partial charge on any atom is 0.324 e. The fourth-order valence-electron chi connectivity index (χ4n) is 0.618. The Morgan fingerprint density at radius 2 is 2.17 bits per heavy atom. The molecule has 0 bridgehead atoms. The molecule has 1 atom stereocenters. The SMILES string of the molecule is N=S(=O)(c1ccccn1)C(F)F. The van der Waals surface area contributed by atoms with Crippen LogP contribution in [0.4, 0.5) is 8.78 Å². The molecule has 0 aliphatic rings. The number of hydrogen-bond donors (Lipinski definition) is 1. The summed E-state index contributed by atoms with van der Waals surface area (Å²) in [5, 5.41) is -0.375. The molecule has 1 unspecified atom stereocenters. The fraction of sp³-hybridized carbons (Fsp3) is 0.167. The van der Waals surface area contributed by atoms with Crippen molar-refractivity contribution in [1.82, 2.24) is 4.98 Å². The minimum atomic E-state index is -4.02. The number of halogens is 2. The smallest absolute Gasteiger partial charge is 0.246 e. The molecular weight excluding hydrogens is 186 g/mol. The van der Waals surface area contributed by atoms with Crippen LogP contribution in [0.3, 0.4) is 0 Å². The third-order valence-corrected chi connectivity index (χ3v) is 2.56. The van der Waals surface area contributed by atoms with E-state index in [2.05, 4.69) is 4.98 Å². The molecule has 0 aliphatic carbocycles. The number of alkyl halides is 2. The van der Waals surface area contributed by atoms with E-state index < -0.39 is 15.5 Å². The maximum absolute atomic E-state index is 12.0. The van der Waals surface area contributed by atoms with Gasteiger partial charge in [0.2, 0.25) is 0 Å². The Morgan fingerprint density at radius 3 is 2.58 bits per heavy atom. The molecular formula is C6H6F2N2OS. The van der Waals surface area contributed by atoms with E-state index in [-0.39, 0.29) is 5.03 Å². The van der Waals surface area contributed by atoms with E-state index in [9.17, 15) is 13.0 Å². The van der Waals surface area contributed by atoms with Crippen LogP contribution < -0.4 is 0 Å². The molecule has 0 saturated heterocycles. The van der Waals surface area contributed by atoms with Gasteiger partial charge in [-0.25, -0.2) is 14.0 Å². The van der Waals surface area contributed by atoms with Gasteiger partial charge in [-0.3, -0.25) is 0 Å². The summed E-state index contributed by atoms with van der Waals surface area (Å²) in [5.41, 5.74) is 0. The summed E-state index contributed by atoms with van der Waals surface area (Å²) >= 11 is 0. The monoisotopic (exact) mass is 192 g/mol. The first-order valence-corrected chi connectivity index (χ1v) is 4.64. The van der Waals surface area contributed by atoms with E-state index in [0.29, 0.717) is 0 Å². The molecule has 0 fully saturated rings. The standard InChI is InChI=1S/C6H6F2N2OS/c7-6(8)12(9,11)5-3-1-2-4-10-5/h1-4,6,9H. The second-order valence-corrected chi connectivity index (χ2v) is 4.01. The highest BCUT2D eigenvalue weighted by atomic mass is 32.2. The largest absolute Gasteiger partial charge is 0.324 e. The minimum Gasteiger partial charge on any atom is -0.246 e. The molecule has 0 spiro atoms. The van der Waals surface area contributed by atoms with Crippen molar-refractivity contribution in [2.75, 3.05) is 0 Å². The summed E-state index contributed by atoms with van der Waals surface area (Å²) < 4.78 is 41.8. The number of nitrogens with zero attached hydrogens (tertiary/aromatic N) is 1. The summed E-state index contributed by atoms with van der Waals surface area (Å²) in [7, 11) is -4.02. The van der Waals surface area contributed by atoms with Crippen molar-refractivity contribution in [2.45, 2.75) is 10.8 Å². The molecule has 3 nitrogen and oxygen atoms in total. The molecule has 6 heteroatoms. The van der Waals surface area contributed by atoms with Gasteiger partial charge in [-0.05, 0) is 12.1 Å². The Morgan fingerprint density at radius 1 is 1.50 bits per heavy atom. The third-order valence-electron chi connectivity index (χ3n) is 1.20. The van der Waals surface area contributed by atoms with Crippen LogP contribution in [0, 0.1) is 4.78 Å². The van der Waals surface area contributed by atoms with Gasteiger partial charge in [-0.2, -0.15) is 8.78 Å². The molecule has 1 aromatic heterocycles. The molecule has 1 N–H and O–H groups in total. The highest BCUT2D eigenvalue weighted by Crippen LogP contribution is 2.15. The highest BCUT2D eigenvalue weighted by molar-refractivity contribution is 7.92. The zero-order valence-corrected chi connectivity index (χ0v) is 6.72. The van der Waals surface area contributed by atoms with Crippen molar-refractivity contribution in [3.63, 3.8) is 0 Å². The maximum atomic E-state index is 12.0. The minimum absolute atomic E-state index is 0.375. The van der Waals surface area contributed by atoms with Crippen molar-refractivity contribution in [3.05, 3.63) is 24.4 Å². The summed E-state index contributed by atoms with van der Waals surface area (Å²) in [5.74, 6) is -3.19. The van der Waals surface area contributed by atoms with E-state index in [1.807, 2.05) is 0 Å². The Balaban J connectivity index is 3.17. The lowest BCUT2D eigenvalue weighted by molar-refractivity contribution is 0.240. The first kappa shape index (κ1) is 9.05. The molecule has 0 aliphatic heterocycles. The molecule has 1 aromatic rings.